The van der Waals surface area contributed by atoms with Crippen LogP contribution in [0.3, 0.4) is 0 Å². The van der Waals surface area contributed by atoms with Crippen molar-refractivity contribution in [1.82, 2.24) is 25.2 Å². The van der Waals surface area contributed by atoms with E-state index in [1.54, 1.807) is 18.5 Å². The predicted molar refractivity (Wildman–Crippen MR) is 94.7 cm³/mol. The SMILES string of the molecule is CN1CCCCC[C@H]1C(=O)NCCc1csc(-c2ncccn2)n1. The zero-order valence-corrected chi connectivity index (χ0v) is 14.8. The van der Waals surface area contributed by atoms with Crippen LogP contribution in [0.1, 0.15) is 31.4 Å². The van der Waals surface area contributed by atoms with Gasteiger partial charge in [0.2, 0.25) is 5.91 Å². The van der Waals surface area contributed by atoms with Gasteiger partial charge in [0.15, 0.2) is 10.8 Å². The lowest BCUT2D eigenvalue weighted by atomic mass is 10.1. The Morgan fingerprint density at radius 2 is 2.17 bits per heavy atom. The minimum absolute atomic E-state index is 0.0104. The first-order valence-corrected chi connectivity index (χ1v) is 9.32. The topological polar surface area (TPSA) is 71.0 Å². The number of thiazole rings is 1. The first-order chi connectivity index (χ1) is 11.7. The molecule has 1 aliphatic heterocycles. The van der Waals surface area contributed by atoms with Crippen molar-refractivity contribution in [3.8, 4) is 10.8 Å². The number of carbonyl (C=O) groups is 1. The van der Waals surface area contributed by atoms with Crippen molar-refractivity contribution in [3.63, 3.8) is 0 Å². The first kappa shape index (κ1) is 17.0. The molecule has 7 heteroatoms. The fraction of sp³-hybridized carbons (Fsp3) is 0.529. The molecule has 3 rings (SSSR count). The van der Waals surface area contributed by atoms with Gasteiger partial charge in [0.1, 0.15) is 0 Å². The maximum Gasteiger partial charge on any atom is 0.237 e. The van der Waals surface area contributed by atoms with Crippen molar-refractivity contribution in [3.05, 3.63) is 29.5 Å². The summed E-state index contributed by atoms with van der Waals surface area (Å²) in [6.45, 7) is 1.62. The Bertz CT molecular complexity index is 660. The third-order valence-corrected chi connectivity index (χ3v) is 5.20. The molecule has 0 spiro atoms. The highest BCUT2D eigenvalue weighted by atomic mass is 32.1. The highest BCUT2D eigenvalue weighted by Crippen LogP contribution is 2.19. The van der Waals surface area contributed by atoms with Crippen molar-refractivity contribution in [1.29, 1.82) is 0 Å². The summed E-state index contributed by atoms with van der Waals surface area (Å²) in [4.78, 5) is 27.5. The van der Waals surface area contributed by atoms with Crippen LogP contribution in [0, 0.1) is 0 Å². The van der Waals surface area contributed by atoms with Crippen LogP contribution in [0.25, 0.3) is 10.8 Å². The van der Waals surface area contributed by atoms with E-state index in [-0.39, 0.29) is 11.9 Å². The van der Waals surface area contributed by atoms with E-state index in [4.69, 9.17) is 0 Å². The summed E-state index contributed by atoms with van der Waals surface area (Å²) in [7, 11) is 2.04. The van der Waals surface area contributed by atoms with Gasteiger partial charge in [0, 0.05) is 30.7 Å². The molecule has 1 saturated heterocycles. The zero-order chi connectivity index (χ0) is 16.8. The summed E-state index contributed by atoms with van der Waals surface area (Å²) in [5.41, 5.74) is 0.969. The molecule has 2 aromatic heterocycles. The highest BCUT2D eigenvalue weighted by Gasteiger charge is 2.24. The summed E-state index contributed by atoms with van der Waals surface area (Å²) in [6, 6.07) is 1.80. The Hall–Kier alpha value is -1.86. The van der Waals surface area contributed by atoms with Crippen molar-refractivity contribution < 1.29 is 4.79 Å². The lowest BCUT2D eigenvalue weighted by Crippen LogP contribution is -2.45. The van der Waals surface area contributed by atoms with Gasteiger partial charge in [0.05, 0.1) is 11.7 Å². The molecule has 3 heterocycles. The van der Waals surface area contributed by atoms with E-state index in [0.717, 1.165) is 36.5 Å². The number of carbonyl (C=O) groups excluding carboxylic acids is 1. The first-order valence-electron chi connectivity index (χ1n) is 8.44. The van der Waals surface area contributed by atoms with Crippen LogP contribution in [0.5, 0.6) is 0 Å². The molecule has 0 aromatic carbocycles. The van der Waals surface area contributed by atoms with Gasteiger partial charge in [-0.3, -0.25) is 9.69 Å². The molecule has 6 nitrogen and oxygen atoms in total. The number of nitrogens with zero attached hydrogens (tertiary/aromatic N) is 4. The zero-order valence-electron chi connectivity index (χ0n) is 13.9. The maximum absolute atomic E-state index is 12.4. The summed E-state index contributed by atoms with van der Waals surface area (Å²) >= 11 is 1.54. The van der Waals surface area contributed by atoms with E-state index >= 15 is 0 Å². The molecule has 0 unspecified atom stereocenters. The van der Waals surface area contributed by atoms with Crippen LogP contribution in [0.15, 0.2) is 23.8 Å². The van der Waals surface area contributed by atoms with Crippen molar-refractivity contribution >= 4 is 17.2 Å². The van der Waals surface area contributed by atoms with Gasteiger partial charge in [-0.15, -0.1) is 11.3 Å². The molecular formula is C17H23N5OS. The highest BCUT2D eigenvalue weighted by molar-refractivity contribution is 7.13. The second-order valence-corrected chi connectivity index (χ2v) is 6.96. The van der Waals surface area contributed by atoms with Gasteiger partial charge in [-0.05, 0) is 32.5 Å². The van der Waals surface area contributed by atoms with Gasteiger partial charge < -0.3 is 5.32 Å². The Morgan fingerprint density at radius 3 is 3.00 bits per heavy atom. The smallest absolute Gasteiger partial charge is 0.237 e. The van der Waals surface area contributed by atoms with Crippen LogP contribution in [-0.2, 0) is 11.2 Å². The van der Waals surface area contributed by atoms with Crippen molar-refractivity contribution in [2.24, 2.45) is 0 Å². The minimum atomic E-state index is 0.0104. The largest absolute Gasteiger partial charge is 0.354 e. The number of amides is 1. The molecule has 0 bridgehead atoms. The third kappa shape index (κ3) is 4.36. The molecule has 2 aromatic rings. The second-order valence-electron chi connectivity index (χ2n) is 6.10. The third-order valence-electron chi connectivity index (χ3n) is 4.31. The Balaban J connectivity index is 1.49. The molecule has 1 atom stereocenters. The molecule has 1 amide bonds. The molecule has 128 valence electrons. The quantitative estimate of drug-likeness (QED) is 0.899. The maximum atomic E-state index is 12.4. The van der Waals surface area contributed by atoms with Gasteiger partial charge >= 0.3 is 0 Å². The van der Waals surface area contributed by atoms with Gasteiger partial charge in [-0.2, -0.15) is 0 Å². The number of nitrogens with one attached hydrogen (secondary N) is 1. The number of aromatic nitrogens is 3. The lowest BCUT2D eigenvalue weighted by Gasteiger charge is -2.24. The van der Waals surface area contributed by atoms with E-state index < -0.39 is 0 Å². The van der Waals surface area contributed by atoms with E-state index in [1.807, 2.05) is 12.4 Å². The number of likely N-dealkylation sites (tertiary alicyclic amines) is 1. The molecule has 1 aliphatic rings. The monoisotopic (exact) mass is 345 g/mol. The van der Waals surface area contributed by atoms with Crippen LogP contribution in [0.2, 0.25) is 0 Å². The predicted octanol–water partition coefficient (Wildman–Crippen LogP) is 2.13. The van der Waals surface area contributed by atoms with E-state index in [9.17, 15) is 4.79 Å². The average Bonchev–Trinajstić information content (AvgIpc) is 2.97. The van der Waals surface area contributed by atoms with E-state index in [0.29, 0.717) is 12.4 Å². The summed E-state index contributed by atoms with van der Waals surface area (Å²) in [6.07, 6.45) is 8.65. The molecule has 1 N–H and O–H groups in total. The van der Waals surface area contributed by atoms with Crippen molar-refractivity contribution in [2.45, 2.75) is 38.1 Å². The molecule has 0 saturated carbocycles. The van der Waals surface area contributed by atoms with Crippen LogP contribution >= 0.6 is 11.3 Å². The van der Waals surface area contributed by atoms with Crippen LogP contribution in [0.4, 0.5) is 0 Å². The summed E-state index contributed by atoms with van der Waals surface area (Å²) in [5.74, 6) is 0.791. The van der Waals surface area contributed by atoms with Gasteiger partial charge in [-0.25, -0.2) is 15.0 Å². The summed E-state index contributed by atoms with van der Waals surface area (Å²) < 4.78 is 0. The normalized spacial score (nSPS) is 19.0. The second kappa shape index (κ2) is 8.30. The van der Waals surface area contributed by atoms with E-state index in [2.05, 4.69) is 25.2 Å². The Morgan fingerprint density at radius 1 is 1.33 bits per heavy atom. The Labute approximate surface area is 146 Å². The standard InChI is InChI=1S/C17H23N5OS/c1-22-11-4-2-3-6-14(22)16(23)20-10-7-13-12-24-17(21-13)15-18-8-5-9-19-15/h5,8-9,12,14H,2-4,6-7,10-11H2,1H3,(H,20,23)/t14-/m0/s1. The van der Waals surface area contributed by atoms with Crippen LogP contribution < -0.4 is 5.32 Å². The van der Waals surface area contributed by atoms with Crippen molar-refractivity contribution in [2.75, 3.05) is 20.1 Å². The molecule has 1 fully saturated rings. The number of rotatable bonds is 5. The van der Waals surface area contributed by atoms with Crippen LogP contribution in [-0.4, -0.2) is 51.9 Å². The average molecular weight is 345 g/mol. The van der Waals surface area contributed by atoms with Gasteiger partial charge in [0.25, 0.3) is 0 Å². The van der Waals surface area contributed by atoms with Gasteiger partial charge in [-0.1, -0.05) is 12.8 Å². The lowest BCUT2D eigenvalue weighted by molar-refractivity contribution is -0.126. The Kier molecular flexibility index (Phi) is 5.87. The summed E-state index contributed by atoms with van der Waals surface area (Å²) in [5, 5.41) is 5.89. The fourth-order valence-electron chi connectivity index (χ4n) is 2.95. The fourth-order valence-corrected chi connectivity index (χ4v) is 3.75. The number of likely N-dealkylation sites (N-methyl/N-ethyl adjacent to an activating group) is 1. The number of hydrogen-bond donors (Lipinski definition) is 1. The van der Waals surface area contributed by atoms with E-state index in [1.165, 1.54) is 24.2 Å². The minimum Gasteiger partial charge on any atom is -0.354 e. The molecule has 0 radical (unpaired) electrons. The molecule has 24 heavy (non-hydrogen) atoms. The molecular weight excluding hydrogens is 322 g/mol. The molecule has 0 aliphatic carbocycles. The number of hydrogen-bond acceptors (Lipinski definition) is 6.